The maximum Gasteiger partial charge on any atom is 0.221 e. The highest BCUT2D eigenvalue weighted by Gasteiger charge is 2.11. The number of nitrogens with zero attached hydrogens (tertiary/aromatic N) is 4. The van der Waals surface area contributed by atoms with Crippen molar-refractivity contribution in [2.45, 2.75) is 26.8 Å². The Morgan fingerprint density at radius 2 is 2.11 bits per heavy atom. The van der Waals surface area contributed by atoms with Crippen LogP contribution in [0.1, 0.15) is 24.0 Å². The Balaban J connectivity index is 2.22. The highest BCUT2D eigenvalue weighted by Crippen LogP contribution is 2.18. The summed E-state index contributed by atoms with van der Waals surface area (Å²) in [5.41, 5.74) is 7.78. The van der Waals surface area contributed by atoms with Crippen LogP contribution in [0, 0.1) is 6.92 Å². The van der Waals surface area contributed by atoms with Crippen molar-refractivity contribution in [1.82, 2.24) is 19.9 Å². The molecule has 3 N–H and O–H groups in total. The van der Waals surface area contributed by atoms with E-state index in [9.17, 15) is 0 Å². The summed E-state index contributed by atoms with van der Waals surface area (Å²) in [5.74, 6) is 2.07. The Bertz CT molecular complexity index is 533. The molecule has 0 saturated carbocycles. The molecule has 6 heteroatoms. The molecule has 0 saturated heterocycles. The minimum Gasteiger partial charge on any atom is -0.368 e. The Labute approximate surface area is 106 Å². The lowest BCUT2D eigenvalue weighted by atomic mass is 10.2. The average molecular weight is 246 g/mol. The smallest absolute Gasteiger partial charge is 0.221 e. The summed E-state index contributed by atoms with van der Waals surface area (Å²) in [6, 6.07) is 0. The highest BCUT2D eigenvalue weighted by atomic mass is 15.2. The number of imidazole rings is 1. The van der Waals surface area contributed by atoms with Crippen molar-refractivity contribution in [2.24, 2.45) is 0 Å². The molecule has 0 aliphatic carbocycles. The number of nitrogens with one attached hydrogen (secondary N) is 1. The molecule has 0 unspecified atom stereocenters. The van der Waals surface area contributed by atoms with Crippen molar-refractivity contribution in [2.75, 3.05) is 17.7 Å². The number of nitrogen functional groups attached to an aromatic ring is 1. The van der Waals surface area contributed by atoms with Crippen LogP contribution in [-0.4, -0.2) is 27.0 Å². The van der Waals surface area contributed by atoms with Gasteiger partial charge in [-0.3, -0.25) is 0 Å². The van der Waals surface area contributed by atoms with Gasteiger partial charge in [0.05, 0.1) is 6.54 Å². The van der Waals surface area contributed by atoms with E-state index < -0.39 is 0 Å². The Morgan fingerprint density at radius 1 is 1.33 bits per heavy atom. The second-order valence-corrected chi connectivity index (χ2v) is 4.30. The zero-order chi connectivity index (χ0) is 13.1. The second-order valence-electron chi connectivity index (χ2n) is 4.30. The van der Waals surface area contributed by atoms with Crippen LogP contribution in [-0.2, 0) is 13.0 Å². The summed E-state index contributed by atoms with van der Waals surface area (Å²) in [6.45, 7) is 4.72. The van der Waals surface area contributed by atoms with Gasteiger partial charge in [-0.1, -0.05) is 6.92 Å². The van der Waals surface area contributed by atoms with Crippen molar-refractivity contribution >= 4 is 11.8 Å². The fourth-order valence-corrected chi connectivity index (χ4v) is 1.84. The quantitative estimate of drug-likeness (QED) is 0.849. The van der Waals surface area contributed by atoms with Gasteiger partial charge in [-0.25, -0.2) is 9.97 Å². The van der Waals surface area contributed by atoms with Gasteiger partial charge in [0.1, 0.15) is 11.6 Å². The number of H-pyrrole nitrogens is 1. The molecule has 0 atom stereocenters. The molecule has 2 rings (SSSR count). The Kier molecular flexibility index (Phi) is 3.45. The van der Waals surface area contributed by atoms with Gasteiger partial charge in [0.25, 0.3) is 0 Å². The molecule has 0 aliphatic rings. The largest absolute Gasteiger partial charge is 0.368 e. The monoisotopic (exact) mass is 246 g/mol. The third-order valence-corrected chi connectivity index (χ3v) is 2.75. The van der Waals surface area contributed by atoms with Gasteiger partial charge in [0.15, 0.2) is 0 Å². The van der Waals surface area contributed by atoms with E-state index in [2.05, 4.69) is 26.9 Å². The van der Waals surface area contributed by atoms with Crippen LogP contribution < -0.4 is 10.6 Å². The molecule has 6 nitrogen and oxygen atoms in total. The maximum atomic E-state index is 5.65. The number of rotatable bonds is 4. The van der Waals surface area contributed by atoms with E-state index in [1.165, 1.54) is 0 Å². The maximum absolute atomic E-state index is 5.65. The summed E-state index contributed by atoms with van der Waals surface area (Å²) >= 11 is 0. The molecular weight excluding hydrogens is 228 g/mol. The molecule has 0 radical (unpaired) electrons. The number of hydrogen-bond donors (Lipinski definition) is 2. The number of aryl methyl sites for hydroxylation is 2. The van der Waals surface area contributed by atoms with Crippen molar-refractivity contribution in [1.29, 1.82) is 0 Å². The van der Waals surface area contributed by atoms with Crippen molar-refractivity contribution in [3.8, 4) is 0 Å². The lowest BCUT2D eigenvalue weighted by Gasteiger charge is -2.19. The Morgan fingerprint density at radius 3 is 2.72 bits per heavy atom. The average Bonchev–Trinajstić information content (AvgIpc) is 2.74. The fraction of sp³-hybridized carbons (Fsp3) is 0.417. The van der Waals surface area contributed by atoms with E-state index in [1.54, 1.807) is 6.20 Å². The summed E-state index contributed by atoms with van der Waals surface area (Å²) in [4.78, 5) is 17.8. The van der Waals surface area contributed by atoms with Crippen LogP contribution in [0.5, 0.6) is 0 Å². The van der Waals surface area contributed by atoms with E-state index in [-0.39, 0.29) is 0 Å². The van der Waals surface area contributed by atoms with Gasteiger partial charge in [0, 0.05) is 30.7 Å². The zero-order valence-corrected chi connectivity index (χ0v) is 10.9. The lowest BCUT2D eigenvalue weighted by molar-refractivity contribution is 0.827. The molecular formula is C12H18N6. The first-order valence-electron chi connectivity index (χ1n) is 5.93. The first kappa shape index (κ1) is 12.3. The molecule has 0 fully saturated rings. The molecule has 0 amide bonds. The first-order valence-corrected chi connectivity index (χ1v) is 5.93. The van der Waals surface area contributed by atoms with Crippen LogP contribution in [0.25, 0.3) is 0 Å². The first-order chi connectivity index (χ1) is 8.60. The third kappa shape index (κ3) is 2.58. The second kappa shape index (κ2) is 5.03. The van der Waals surface area contributed by atoms with Crippen LogP contribution in [0.3, 0.4) is 0 Å². The van der Waals surface area contributed by atoms with Crippen molar-refractivity contribution in [3.63, 3.8) is 0 Å². The summed E-state index contributed by atoms with van der Waals surface area (Å²) < 4.78 is 0. The molecule has 18 heavy (non-hydrogen) atoms. The van der Waals surface area contributed by atoms with Crippen molar-refractivity contribution in [3.05, 3.63) is 29.5 Å². The molecule has 96 valence electrons. The van der Waals surface area contributed by atoms with Crippen LogP contribution in [0.2, 0.25) is 0 Å². The topological polar surface area (TPSA) is 83.7 Å². The van der Waals surface area contributed by atoms with Gasteiger partial charge in [0.2, 0.25) is 5.95 Å². The van der Waals surface area contributed by atoms with Gasteiger partial charge < -0.3 is 15.6 Å². The predicted molar refractivity (Wildman–Crippen MR) is 71.3 cm³/mol. The SMILES string of the molecule is CCc1cnc(N)nc1N(C)Cc1ncc(C)[nH]1. The number of nitrogens with two attached hydrogens (primary N) is 1. The van der Waals surface area contributed by atoms with Gasteiger partial charge in [-0.2, -0.15) is 4.98 Å². The number of aromatic nitrogens is 4. The highest BCUT2D eigenvalue weighted by molar-refractivity contribution is 5.48. The predicted octanol–water partition coefficient (Wildman–Crippen LogP) is 1.29. The third-order valence-electron chi connectivity index (χ3n) is 2.75. The minimum atomic E-state index is 0.296. The molecule has 2 aromatic rings. The summed E-state index contributed by atoms with van der Waals surface area (Å²) in [7, 11) is 1.97. The van der Waals surface area contributed by atoms with E-state index >= 15 is 0 Å². The molecule has 0 spiro atoms. The minimum absolute atomic E-state index is 0.296. The van der Waals surface area contributed by atoms with Crippen LogP contribution in [0.15, 0.2) is 12.4 Å². The number of hydrogen-bond acceptors (Lipinski definition) is 5. The summed E-state index contributed by atoms with van der Waals surface area (Å²) in [6.07, 6.45) is 4.47. The standard InChI is InChI=1S/C12H18N6/c1-4-9-6-15-12(13)17-11(9)18(3)7-10-14-5-8(2)16-10/h5-6H,4,7H2,1-3H3,(H,14,16)(H2,13,15,17). The lowest BCUT2D eigenvalue weighted by Crippen LogP contribution is -2.21. The molecule has 0 aromatic carbocycles. The molecule has 0 bridgehead atoms. The van der Waals surface area contributed by atoms with Crippen LogP contribution in [0.4, 0.5) is 11.8 Å². The number of aromatic amines is 1. The Hall–Kier alpha value is -2.11. The zero-order valence-electron chi connectivity index (χ0n) is 10.9. The van der Waals surface area contributed by atoms with E-state index in [0.29, 0.717) is 12.5 Å². The van der Waals surface area contributed by atoms with E-state index in [4.69, 9.17) is 5.73 Å². The van der Waals surface area contributed by atoms with Crippen molar-refractivity contribution < 1.29 is 0 Å². The van der Waals surface area contributed by atoms with E-state index in [1.807, 2.05) is 25.1 Å². The van der Waals surface area contributed by atoms with Gasteiger partial charge in [-0.15, -0.1) is 0 Å². The summed E-state index contributed by atoms with van der Waals surface area (Å²) in [5, 5.41) is 0. The van der Waals surface area contributed by atoms with E-state index in [0.717, 1.165) is 29.3 Å². The number of anilines is 2. The molecule has 2 heterocycles. The normalized spacial score (nSPS) is 10.6. The van der Waals surface area contributed by atoms with Gasteiger partial charge >= 0.3 is 0 Å². The van der Waals surface area contributed by atoms with Crippen LogP contribution >= 0.6 is 0 Å². The molecule has 2 aromatic heterocycles. The van der Waals surface area contributed by atoms with Gasteiger partial charge in [-0.05, 0) is 13.3 Å². The fourth-order valence-electron chi connectivity index (χ4n) is 1.84. The molecule has 0 aliphatic heterocycles.